The van der Waals surface area contributed by atoms with Crippen LogP contribution in [0.4, 0.5) is 0 Å². The molecule has 0 aliphatic carbocycles. The first-order valence-electron chi connectivity index (χ1n) is 9.08. The maximum atomic E-state index is 5.83. The van der Waals surface area contributed by atoms with Gasteiger partial charge in [-0.05, 0) is 38.5 Å². The molecule has 0 aliphatic rings. The van der Waals surface area contributed by atoms with Crippen molar-refractivity contribution < 1.29 is 4.48 Å². The lowest BCUT2D eigenvalue weighted by Crippen LogP contribution is -2.46. The molecule has 0 N–H and O–H groups in total. The molecule has 1 atom stereocenters. The van der Waals surface area contributed by atoms with E-state index in [0.717, 1.165) is 5.88 Å². The Hall–Kier alpha value is 0.250. The summed E-state index contributed by atoms with van der Waals surface area (Å²) >= 11 is 5.83. The molecule has 0 bridgehead atoms. The van der Waals surface area contributed by atoms with Crippen LogP contribution in [0.25, 0.3) is 0 Å². The maximum absolute atomic E-state index is 5.83. The highest BCUT2D eigenvalue weighted by Gasteiger charge is 2.19. The lowest BCUT2D eigenvalue weighted by Gasteiger charge is -2.35. The van der Waals surface area contributed by atoms with Crippen molar-refractivity contribution in [3.63, 3.8) is 0 Å². The molecule has 20 heavy (non-hydrogen) atoms. The van der Waals surface area contributed by atoms with Gasteiger partial charge < -0.3 is 4.48 Å². The van der Waals surface area contributed by atoms with Crippen LogP contribution < -0.4 is 0 Å². The van der Waals surface area contributed by atoms with Crippen LogP contribution in [0.15, 0.2) is 0 Å². The number of rotatable bonds is 15. The zero-order valence-corrected chi connectivity index (χ0v) is 15.2. The van der Waals surface area contributed by atoms with Gasteiger partial charge in [-0.3, -0.25) is 0 Å². The minimum atomic E-state index is 0.825. The molecule has 0 aromatic carbocycles. The highest BCUT2D eigenvalue weighted by atomic mass is 35.5. The van der Waals surface area contributed by atoms with E-state index in [-0.39, 0.29) is 0 Å². The molecule has 0 heterocycles. The summed E-state index contributed by atoms with van der Waals surface area (Å²) in [6.07, 6.45) is 15.1. The zero-order chi connectivity index (χ0) is 15.1. The highest BCUT2D eigenvalue weighted by molar-refractivity contribution is 6.17. The van der Waals surface area contributed by atoms with E-state index in [9.17, 15) is 0 Å². The molecule has 0 saturated heterocycles. The van der Waals surface area contributed by atoms with Crippen molar-refractivity contribution in [2.75, 3.05) is 32.6 Å². The van der Waals surface area contributed by atoms with Crippen LogP contribution in [0.1, 0.15) is 84.5 Å². The predicted octanol–water partition coefficient (Wildman–Crippen LogP) is 6.00. The topological polar surface area (TPSA) is 0 Å². The number of nitrogens with zero attached hydrogens (tertiary/aromatic N) is 1. The first-order valence-corrected chi connectivity index (χ1v) is 9.61. The molecule has 2 heteroatoms. The van der Waals surface area contributed by atoms with Gasteiger partial charge in [0.05, 0.1) is 26.7 Å². The Kier molecular flexibility index (Phi) is 14.4. The first kappa shape index (κ1) is 20.2. The normalized spacial score (nSPS) is 14.4. The third-order valence-corrected chi connectivity index (χ3v) is 4.70. The van der Waals surface area contributed by atoms with Crippen molar-refractivity contribution >= 4 is 11.6 Å². The standard InChI is InChI=1S/C18H39ClN/c1-4-6-8-9-10-13-17-20(3,16-12-7-5-2)18-14-11-15-19/h4-18H2,1-3H3/q+1. The summed E-state index contributed by atoms with van der Waals surface area (Å²) in [7, 11) is 2.47. The molecule has 1 unspecified atom stereocenters. The monoisotopic (exact) mass is 304 g/mol. The third-order valence-electron chi connectivity index (χ3n) is 4.43. The Balaban J connectivity index is 3.89. The van der Waals surface area contributed by atoms with Gasteiger partial charge in [-0.25, -0.2) is 0 Å². The predicted molar refractivity (Wildman–Crippen MR) is 93.6 cm³/mol. The molecule has 0 aromatic heterocycles. The van der Waals surface area contributed by atoms with Crippen molar-refractivity contribution in [3.8, 4) is 0 Å². The van der Waals surface area contributed by atoms with Gasteiger partial charge in [0.25, 0.3) is 0 Å². The van der Waals surface area contributed by atoms with E-state index >= 15 is 0 Å². The minimum absolute atomic E-state index is 0.825. The van der Waals surface area contributed by atoms with E-state index < -0.39 is 0 Å². The lowest BCUT2D eigenvalue weighted by atomic mass is 10.1. The molecule has 0 amide bonds. The second-order valence-corrected chi connectivity index (χ2v) is 7.04. The Morgan fingerprint density at radius 2 is 1.00 bits per heavy atom. The van der Waals surface area contributed by atoms with Gasteiger partial charge in [0.2, 0.25) is 0 Å². The summed E-state index contributed by atoms with van der Waals surface area (Å²) in [4.78, 5) is 0. The first-order chi connectivity index (χ1) is 9.68. The van der Waals surface area contributed by atoms with Crippen LogP contribution in [0.2, 0.25) is 0 Å². The molecular weight excluding hydrogens is 266 g/mol. The number of halogens is 1. The number of unbranched alkanes of at least 4 members (excludes halogenated alkanes) is 8. The van der Waals surface area contributed by atoms with Crippen LogP contribution in [0, 0.1) is 0 Å². The smallest absolute Gasteiger partial charge is 0.0784 e. The largest absolute Gasteiger partial charge is 0.326 e. The van der Waals surface area contributed by atoms with E-state index in [2.05, 4.69) is 20.9 Å². The number of quaternary nitrogens is 1. The van der Waals surface area contributed by atoms with Crippen molar-refractivity contribution in [1.82, 2.24) is 0 Å². The fourth-order valence-corrected chi connectivity index (χ4v) is 3.13. The van der Waals surface area contributed by atoms with Crippen molar-refractivity contribution in [2.45, 2.75) is 84.5 Å². The van der Waals surface area contributed by atoms with Crippen LogP contribution in [0.5, 0.6) is 0 Å². The van der Waals surface area contributed by atoms with Gasteiger partial charge >= 0.3 is 0 Å². The fourth-order valence-electron chi connectivity index (χ4n) is 2.94. The summed E-state index contributed by atoms with van der Waals surface area (Å²) in [6.45, 7) is 8.65. The second kappa shape index (κ2) is 14.2. The molecule has 0 rings (SSSR count). The minimum Gasteiger partial charge on any atom is -0.326 e. The van der Waals surface area contributed by atoms with Crippen LogP contribution >= 0.6 is 11.6 Å². The molecule has 0 spiro atoms. The average molecular weight is 305 g/mol. The molecule has 0 aromatic rings. The summed E-state index contributed by atoms with van der Waals surface area (Å²) in [5.41, 5.74) is 0. The molecule has 0 saturated carbocycles. The summed E-state index contributed by atoms with van der Waals surface area (Å²) in [6, 6.07) is 0. The number of alkyl halides is 1. The average Bonchev–Trinajstić information content (AvgIpc) is 2.43. The second-order valence-electron chi connectivity index (χ2n) is 6.66. The van der Waals surface area contributed by atoms with Gasteiger partial charge in [-0.15, -0.1) is 11.6 Å². The molecule has 0 fully saturated rings. The van der Waals surface area contributed by atoms with Crippen LogP contribution in [-0.2, 0) is 0 Å². The van der Waals surface area contributed by atoms with Gasteiger partial charge in [0, 0.05) is 5.88 Å². The van der Waals surface area contributed by atoms with E-state index in [4.69, 9.17) is 11.6 Å². The van der Waals surface area contributed by atoms with E-state index in [1.807, 2.05) is 0 Å². The number of hydrogen-bond donors (Lipinski definition) is 0. The van der Waals surface area contributed by atoms with Crippen LogP contribution in [-0.4, -0.2) is 37.0 Å². The van der Waals surface area contributed by atoms with Crippen molar-refractivity contribution in [3.05, 3.63) is 0 Å². The van der Waals surface area contributed by atoms with Crippen molar-refractivity contribution in [2.24, 2.45) is 0 Å². The Bertz CT molecular complexity index is 184. The van der Waals surface area contributed by atoms with Gasteiger partial charge in [-0.1, -0.05) is 46.0 Å². The van der Waals surface area contributed by atoms with E-state index in [1.54, 1.807) is 0 Å². The SMILES string of the molecule is CCCCCCCC[N+](C)(CCCCC)CCCCCl. The summed E-state index contributed by atoms with van der Waals surface area (Å²) < 4.78 is 1.28. The van der Waals surface area contributed by atoms with E-state index in [1.165, 1.54) is 94.7 Å². The fraction of sp³-hybridized carbons (Fsp3) is 1.00. The van der Waals surface area contributed by atoms with Gasteiger partial charge in [0.15, 0.2) is 0 Å². The molecule has 0 radical (unpaired) electrons. The maximum Gasteiger partial charge on any atom is 0.0784 e. The quantitative estimate of drug-likeness (QED) is 0.198. The number of hydrogen-bond acceptors (Lipinski definition) is 0. The lowest BCUT2D eigenvalue weighted by molar-refractivity contribution is -0.910. The Morgan fingerprint density at radius 1 is 0.600 bits per heavy atom. The zero-order valence-electron chi connectivity index (χ0n) is 14.4. The highest BCUT2D eigenvalue weighted by Crippen LogP contribution is 2.14. The Morgan fingerprint density at radius 3 is 1.55 bits per heavy atom. The molecule has 122 valence electrons. The van der Waals surface area contributed by atoms with Crippen molar-refractivity contribution in [1.29, 1.82) is 0 Å². The van der Waals surface area contributed by atoms with Gasteiger partial charge in [-0.2, -0.15) is 0 Å². The molecule has 1 nitrogen and oxygen atoms in total. The molecular formula is C18H39ClN+. The summed E-state index contributed by atoms with van der Waals surface area (Å²) in [5.74, 6) is 0.825. The Labute approximate surface area is 133 Å². The summed E-state index contributed by atoms with van der Waals surface area (Å²) in [5, 5.41) is 0. The molecule has 0 aliphatic heterocycles. The third kappa shape index (κ3) is 12.0. The van der Waals surface area contributed by atoms with Gasteiger partial charge in [0.1, 0.15) is 0 Å². The van der Waals surface area contributed by atoms with Crippen LogP contribution in [0.3, 0.4) is 0 Å². The van der Waals surface area contributed by atoms with E-state index in [0.29, 0.717) is 0 Å².